The van der Waals surface area contributed by atoms with Gasteiger partial charge in [-0.05, 0) is 30.2 Å². The van der Waals surface area contributed by atoms with E-state index < -0.39 is 23.9 Å². The van der Waals surface area contributed by atoms with Gasteiger partial charge < -0.3 is 25.2 Å². The lowest BCUT2D eigenvalue weighted by molar-refractivity contribution is -0.144. The van der Waals surface area contributed by atoms with Gasteiger partial charge in [0.1, 0.15) is 16.9 Å². The monoisotopic (exact) mass is 471 g/mol. The number of ether oxygens (including phenoxy) is 1. The molecule has 0 aliphatic carbocycles. The molecule has 172 valence electrons. The molecule has 0 aliphatic heterocycles. The van der Waals surface area contributed by atoms with Crippen molar-refractivity contribution < 1.29 is 23.6 Å². The zero-order valence-corrected chi connectivity index (χ0v) is 18.8. The molecule has 0 aliphatic rings. The number of hydrogen-bond acceptors (Lipinski definition) is 7. The first-order valence-corrected chi connectivity index (χ1v) is 10.3. The summed E-state index contributed by atoms with van der Waals surface area (Å²) in [4.78, 5) is 40.3. The van der Waals surface area contributed by atoms with Crippen molar-refractivity contribution in [2.75, 3.05) is 17.7 Å². The van der Waals surface area contributed by atoms with Crippen molar-refractivity contribution >= 4 is 40.9 Å². The molecular formula is C22H22ClN5O5. The smallest absolute Gasteiger partial charge is 0.328 e. The fraction of sp³-hybridized carbons (Fsp3) is 0.227. The Hall–Kier alpha value is -3.92. The van der Waals surface area contributed by atoms with Gasteiger partial charge in [-0.1, -0.05) is 42.7 Å². The number of pyridine rings is 1. The van der Waals surface area contributed by atoms with Crippen LogP contribution in [0.15, 0.2) is 53.2 Å². The molecule has 11 heteroatoms. The number of esters is 1. The summed E-state index contributed by atoms with van der Waals surface area (Å²) >= 11 is 5.72. The van der Waals surface area contributed by atoms with E-state index in [-0.39, 0.29) is 11.7 Å². The topological polar surface area (TPSA) is 135 Å². The number of aromatic nitrogens is 2. The molecule has 3 amide bonds. The summed E-state index contributed by atoms with van der Waals surface area (Å²) in [6.45, 7) is 3.58. The Morgan fingerprint density at radius 1 is 1.03 bits per heavy atom. The van der Waals surface area contributed by atoms with E-state index in [0.29, 0.717) is 27.8 Å². The van der Waals surface area contributed by atoms with Crippen LogP contribution in [0.25, 0.3) is 11.3 Å². The number of urea groups is 1. The van der Waals surface area contributed by atoms with Gasteiger partial charge in [-0.25, -0.2) is 14.6 Å². The Labute approximate surface area is 194 Å². The summed E-state index contributed by atoms with van der Waals surface area (Å²) in [7, 11) is 1.26. The molecule has 0 fully saturated rings. The van der Waals surface area contributed by atoms with Crippen LogP contribution in [0.4, 0.5) is 16.2 Å². The van der Waals surface area contributed by atoms with Gasteiger partial charge in [-0.2, -0.15) is 0 Å². The first-order valence-electron chi connectivity index (χ1n) is 9.92. The number of hydrogen-bond donors (Lipinski definition) is 3. The van der Waals surface area contributed by atoms with E-state index in [1.165, 1.54) is 19.4 Å². The standard InChI is InChI=1S/C22H22ClN5O5/c1-12(2)19(21(30)32-3)27-20(29)17-10-16(28-33-17)13-4-6-14(7-5-13)25-22(31)26-15-8-9-18(23)24-11-15/h4-12,19H,1-3H3,(H,27,29)(H2,25,26,31). The molecule has 1 atom stereocenters. The van der Waals surface area contributed by atoms with Crippen molar-refractivity contribution in [1.29, 1.82) is 0 Å². The highest BCUT2D eigenvalue weighted by molar-refractivity contribution is 6.29. The molecule has 0 spiro atoms. The second-order valence-electron chi connectivity index (χ2n) is 7.32. The van der Waals surface area contributed by atoms with Crippen LogP contribution in [0.1, 0.15) is 24.4 Å². The van der Waals surface area contributed by atoms with E-state index in [4.69, 9.17) is 20.9 Å². The summed E-state index contributed by atoms with van der Waals surface area (Å²) in [5.41, 5.74) is 2.12. The molecule has 3 N–H and O–H groups in total. The molecule has 1 unspecified atom stereocenters. The van der Waals surface area contributed by atoms with Crippen LogP contribution in [0, 0.1) is 5.92 Å². The number of carbonyl (C=O) groups excluding carboxylic acids is 3. The molecule has 33 heavy (non-hydrogen) atoms. The molecule has 0 radical (unpaired) electrons. The fourth-order valence-corrected chi connectivity index (χ4v) is 2.93. The average Bonchev–Trinajstić information content (AvgIpc) is 3.29. The van der Waals surface area contributed by atoms with Gasteiger partial charge in [-0.3, -0.25) is 4.79 Å². The SMILES string of the molecule is COC(=O)C(NC(=O)c1cc(-c2ccc(NC(=O)Nc3ccc(Cl)nc3)cc2)no1)C(C)C. The summed E-state index contributed by atoms with van der Waals surface area (Å²) in [6, 6.07) is 10.2. The maximum Gasteiger partial charge on any atom is 0.328 e. The van der Waals surface area contributed by atoms with Gasteiger partial charge in [0, 0.05) is 17.3 Å². The van der Waals surface area contributed by atoms with Gasteiger partial charge in [0.05, 0.1) is 19.0 Å². The quantitative estimate of drug-likeness (QED) is 0.350. The second-order valence-corrected chi connectivity index (χ2v) is 7.71. The Kier molecular flexibility index (Phi) is 7.62. The van der Waals surface area contributed by atoms with Gasteiger partial charge in [0.2, 0.25) is 5.76 Å². The molecule has 3 aromatic rings. The number of halogens is 1. The average molecular weight is 472 g/mol. The molecule has 0 bridgehead atoms. The highest BCUT2D eigenvalue weighted by Gasteiger charge is 2.27. The van der Waals surface area contributed by atoms with E-state index in [1.54, 1.807) is 50.2 Å². The van der Waals surface area contributed by atoms with Crippen molar-refractivity contribution in [3.05, 3.63) is 59.6 Å². The lowest BCUT2D eigenvalue weighted by atomic mass is 10.0. The van der Waals surface area contributed by atoms with Crippen LogP contribution in [0.5, 0.6) is 0 Å². The Bertz CT molecular complexity index is 1130. The zero-order valence-electron chi connectivity index (χ0n) is 18.1. The Balaban J connectivity index is 1.62. The first-order chi connectivity index (χ1) is 15.8. The third kappa shape index (κ3) is 6.30. The molecule has 1 aromatic carbocycles. The van der Waals surface area contributed by atoms with Crippen LogP contribution < -0.4 is 16.0 Å². The molecule has 2 aromatic heterocycles. The fourth-order valence-electron chi connectivity index (χ4n) is 2.82. The Morgan fingerprint density at radius 2 is 1.70 bits per heavy atom. The van der Waals surface area contributed by atoms with Crippen LogP contribution in [0.2, 0.25) is 5.15 Å². The van der Waals surface area contributed by atoms with E-state index >= 15 is 0 Å². The third-order valence-corrected chi connectivity index (χ3v) is 4.79. The van der Waals surface area contributed by atoms with Crippen molar-refractivity contribution in [3.63, 3.8) is 0 Å². The molecule has 10 nitrogen and oxygen atoms in total. The van der Waals surface area contributed by atoms with Crippen molar-refractivity contribution in [1.82, 2.24) is 15.5 Å². The van der Waals surface area contributed by atoms with Gasteiger partial charge in [0.15, 0.2) is 0 Å². The lowest BCUT2D eigenvalue weighted by Crippen LogP contribution is -2.44. The minimum Gasteiger partial charge on any atom is -0.467 e. The van der Waals surface area contributed by atoms with E-state index in [1.807, 2.05) is 0 Å². The maximum atomic E-state index is 12.4. The van der Waals surface area contributed by atoms with Crippen molar-refractivity contribution in [2.24, 2.45) is 5.92 Å². The largest absolute Gasteiger partial charge is 0.467 e. The summed E-state index contributed by atoms with van der Waals surface area (Å²) in [5, 5.41) is 12.2. The minimum atomic E-state index is -0.809. The van der Waals surface area contributed by atoms with E-state index in [2.05, 4.69) is 26.1 Å². The van der Waals surface area contributed by atoms with Crippen LogP contribution in [0.3, 0.4) is 0 Å². The van der Waals surface area contributed by atoms with Crippen LogP contribution in [-0.4, -0.2) is 41.2 Å². The second kappa shape index (κ2) is 10.6. The number of anilines is 2. The van der Waals surface area contributed by atoms with Crippen molar-refractivity contribution in [3.8, 4) is 11.3 Å². The number of amides is 3. The van der Waals surface area contributed by atoms with Gasteiger partial charge in [-0.15, -0.1) is 0 Å². The number of carbonyl (C=O) groups is 3. The molecule has 3 rings (SSSR count). The molecule has 0 saturated heterocycles. The van der Waals surface area contributed by atoms with Gasteiger partial charge >= 0.3 is 12.0 Å². The number of nitrogens with zero attached hydrogens (tertiary/aromatic N) is 2. The predicted molar refractivity (Wildman–Crippen MR) is 122 cm³/mol. The lowest BCUT2D eigenvalue weighted by Gasteiger charge is -2.18. The Morgan fingerprint density at radius 3 is 2.30 bits per heavy atom. The number of benzene rings is 1. The zero-order chi connectivity index (χ0) is 24.0. The van der Waals surface area contributed by atoms with Crippen molar-refractivity contribution in [2.45, 2.75) is 19.9 Å². The van der Waals surface area contributed by atoms with Crippen LogP contribution in [-0.2, 0) is 9.53 Å². The first kappa shape index (κ1) is 23.7. The number of rotatable bonds is 7. The van der Waals surface area contributed by atoms with E-state index in [9.17, 15) is 14.4 Å². The summed E-state index contributed by atoms with van der Waals surface area (Å²) in [6.07, 6.45) is 1.44. The maximum absolute atomic E-state index is 12.4. The van der Waals surface area contributed by atoms with E-state index in [0.717, 1.165) is 0 Å². The highest BCUT2D eigenvalue weighted by atomic mass is 35.5. The summed E-state index contributed by atoms with van der Waals surface area (Å²) < 4.78 is 9.85. The predicted octanol–water partition coefficient (Wildman–Crippen LogP) is 3.96. The third-order valence-electron chi connectivity index (χ3n) is 4.57. The highest BCUT2D eigenvalue weighted by Crippen LogP contribution is 2.22. The molecule has 2 heterocycles. The minimum absolute atomic E-state index is 0.0438. The number of methoxy groups -OCH3 is 1. The molecular weight excluding hydrogens is 450 g/mol. The number of nitrogens with one attached hydrogen (secondary N) is 3. The normalized spacial score (nSPS) is 11.5. The summed E-state index contributed by atoms with van der Waals surface area (Å²) in [5.74, 6) is -1.34. The molecule has 0 saturated carbocycles. The van der Waals surface area contributed by atoms with Gasteiger partial charge in [0.25, 0.3) is 5.91 Å². The van der Waals surface area contributed by atoms with Crippen LogP contribution >= 0.6 is 11.6 Å².